The quantitative estimate of drug-likeness (QED) is 0.691. The van der Waals surface area contributed by atoms with Crippen LogP contribution in [0.4, 0.5) is 5.69 Å². The molecule has 1 amide bonds. The third kappa shape index (κ3) is 4.05. The molecule has 3 heterocycles. The zero-order chi connectivity index (χ0) is 21.4. The van der Waals surface area contributed by atoms with Crippen molar-refractivity contribution in [2.45, 2.75) is 26.4 Å². The highest BCUT2D eigenvalue weighted by molar-refractivity contribution is 6.01. The van der Waals surface area contributed by atoms with E-state index in [4.69, 9.17) is 4.74 Å². The van der Waals surface area contributed by atoms with Gasteiger partial charge in [-0.25, -0.2) is 0 Å². The van der Waals surface area contributed by atoms with Crippen LogP contribution in [0.1, 0.15) is 27.6 Å². The van der Waals surface area contributed by atoms with Crippen molar-refractivity contribution in [2.24, 2.45) is 11.8 Å². The molecule has 1 N–H and O–H groups in total. The van der Waals surface area contributed by atoms with Crippen molar-refractivity contribution in [2.75, 3.05) is 25.5 Å². The molecule has 0 unspecified atom stereocenters. The zero-order valence-electron chi connectivity index (χ0n) is 17.9. The SMILES string of the molecule is COc1ccc(NC(=O)c2nnc3n2C[C@@H]2CN(Cc4cccc(C)c4)C[C@H]2C3)cc1. The lowest BCUT2D eigenvalue weighted by atomic mass is 9.89. The maximum Gasteiger partial charge on any atom is 0.293 e. The first-order chi connectivity index (χ1) is 15.1. The second kappa shape index (κ2) is 8.15. The molecule has 0 radical (unpaired) electrons. The number of likely N-dealkylation sites (tertiary alicyclic amines) is 1. The number of nitrogens with zero attached hydrogens (tertiary/aromatic N) is 4. The lowest BCUT2D eigenvalue weighted by molar-refractivity contribution is 0.100. The van der Waals surface area contributed by atoms with Crippen LogP contribution < -0.4 is 10.1 Å². The van der Waals surface area contributed by atoms with Crippen molar-refractivity contribution in [1.29, 1.82) is 0 Å². The van der Waals surface area contributed by atoms with Gasteiger partial charge in [0.1, 0.15) is 11.6 Å². The molecule has 5 rings (SSSR count). The molecule has 1 aromatic heterocycles. The number of aromatic nitrogens is 3. The van der Waals surface area contributed by atoms with Crippen molar-refractivity contribution in [1.82, 2.24) is 19.7 Å². The van der Waals surface area contributed by atoms with Crippen LogP contribution in [0, 0.1) is 18.8 Å². The molecule has 1 saturated heterocycles. The van der Waals surface area contributed by atoms with Gasteiger partial charge in [-0.1, -0.05) is 29.8 Å². The van der Waals surface area contributed by atoms with E-state index in [9.17, 15) is 4.79 Å². The number of anilines is 1. The molecule has 0 aliphatic carbocycles. The number of methoxy groups -OCH3 is 1. The predicted octanol–water partition coefficient (Wildman–Crippen LogP) is 3.15. The van der Waals surface area contributed by atoms with Crippen LogP contribution in [0.15, 0.2) is 48.5 Å². The van der Waals surface area contributed by atoms with Gasteiger partial charge in [0, 0.05) is 38.3 Å². The number of nitrogens with one attached hydrogen (secondary N) is 1. The fraction of sp³-hybridized carbons (Fsp3) is 0.375. The van der Waals surface area contributed by atoms with E-state index in [0.29, 0.717) is 23.3 Å². The number of aryl methyl sites for hydroxylation is 1. The molecule has 0 bridgehead atoms. The Labute approximate surface area is 182 Å². The Morgan fingerprint density at radius 3 is 2.68 bits per heavy atom. The predicted molar refractivity (Wildman–Crippen MR) is 118 cm³/mol. The minimum atomic E-state index is -0.225. The summed E-state index contributed by atoms with van der Waals surface area (Å²) in [7, 11) is 1.62. The summed E-state index contributed by atoms with van der Waals surface area (Å²) in [6, 6.07) is 16.0. The number of carbonyl (C=O) groups is 1. The van der Waals surface area contributed by atoms with E-state index in [2.05, 4.69) is 51.6 Å². The summed E-state index contributed by atoms with van der Waals surface area (Å²) >= 11 is 0. The second-order valence-electron chi connectivity index (χ2n) is 8.64. The number of hydrogen-bond acceptors (Lipinski definition) is 5. The van der Waals surface area contributed by atoms with Crippen molar-refractivity contribution >= 4 is 11.6 Å². The second-order valence-corrected chi connectivity index (χ2v) is 8.64. The molecule has 0 saturated carbocycles. The Hall–Kier alpha value is -3.19. The van der Waals surface area contributed by atoms with E-state index in [1.165, 1.54) is 11.1 Å². The number of rotatable bonds is 5. The third-order valence-electron chi connectivity index (χ3n) is 6.38. The first-order valence-electron chi connectivity index (χ1n) is 10.7. The summed E-state index contributed by atoms with van der Waals surface area (Å²) in [5.74, 6) is 2.91. The smallest absolute Gasteiger partial charge is 0.293 e. The van der Waals surface area contributed by atoms with Gasteiger partial charge in [-0.15, -0.1) is 10.2 Å². The largest absolute Gasteiger partial charge is 0.497 e. The van der Waals surface area contributed by atoms with Crippen LogP contribution in [0.3, 0.4) is 0 Å². The number of amides is 1. The van der Waals surface area contributed by atoms with Gasteiger partial charge < -0.3 is 14.6 Å². The zero-order valence-corrected chi connectivity index (χ0v) is 17.9. The maximum absolute atomic E-state index is 12.9. The first kappa shape index (κ1) is 19.8. The highest BCUT2D eigenvalue weighted by Gasteiger charge is 2.39. The lowest BCUT2D eigenvalue weighted by Crippen LogP contribution is -2.31. The Morgan fingerprint density at radius 1 is 1.10 bits per heavy atom. The van der Waals surface area contributed by atoms with Crippen LogP contribution in [-0.4, -0.2) is 45.8 Å². The summed E-state index contributed by atoms with van der Waals surface area (Å²) in [5, 5.41) is 11.5. The lowest BCUT2D eigenvalue weighted by Gasteiger charge is -2.25. The maximum atomic E-state index is 12.9. The Kier molecular flexibility index (Phi) is 5.19. The molecule has 2 aromatic carbocycles. The average Bonchev–Trinajstić information content (AvgIpc) is 3.35. The normalized spacial score (nSPS) is 20.2. The number of carbonyl (C=O) groups excluding carboxylic acids is 1. The molecule has 31 heavy (non-hydrogen) atoms. The van der Waals surface area contributed by atoms with Gasteiger partial charge in [-0.2, -0.15) is 0 Å². The van der Waals surface area contributed by atoms with Crippen LogP contribution >= 0.6 is 0 Å². The number of benzene rings is 2. The van der Waals surface area contributed by atoms with E-state index in [1.54, 1.807) is 7.11 Å². The van der Waals surface area contributed by atoms with E-state index in [-0.39, 0.29) is 5.91 Å². The minimum absolute atomic E-state index is 0.225. The molecule has 1 fully saturated rings. The van der Waals surface area contributed by atoms with Crippen molar-refractivity contribution in [3.8, 4) is 5.75 Å². The Bertz CT molecular complexity index is 1090. The molecule has 2 atom stereocenters. The summed E-state index contributed by atoms with van der Waals surface area (Å²) in [4.78, 5) is 15.4. The fourth-order valence-corrected chi connectivity index (χ4v) is 4.85. The highest BCUT2D eigenvalue weighted by Crippen LogP contribution is 2.33. The summed E-state index contributed by atoms with van der Waals surface area (Å²) in [5.41, 5.74) is 3.37. The van der Waals surface area contributed by atoms with Crippen LogP contribution in [0.5, 0.6) is 5.75 Å². The van der Waals surface area contributed by atoms with Crippen LogP contribution in [0.2, 0.25) is 0 Å². The molecular formula is C24H27N5O2. The van der Waals surface area contributed by atoms with Gasteiger partial charge in [-0.3, -0.25) is 9.69 Å². The summed E-state index contributed by atoms with van der Waals surface area (Å²) in [6.07, 6.45) is 0.873. The molecule has 3 aromatic rings. The van der Waals surface area contributed by atoms with Crippen molar-refractivity contribution < 1.29 is 9.53 Å². The molecule has 7 heteroatoms. The standard InChI is InChI=1S/C24H27N5O2/c1-16-4-3-5-17(10-16)12-28-13-18-11-22-26-27-23(29(22)15-19(18)14-28)24(30)25-20-6-8-21(31-2)9-7-20/h3-10,18-19H,11-15H2,1-2H3,(H,25,30)/t18-,19+/m1/s1. The molecule has 2 aliphatic heterocycles. The van der Waals surface area contributed by atoms with Crippen LogP contribution in [-0.2, 0) is 19.5 Å². The highest BCUT2D eigenvalue weighted by atomic mass is 16.5. The molecule has 2 aliphatic rings. The minimum Gasteiger partial charge on any atom is -0.497 e. The number of fused-ring (bicyclic) bond motifs is 2. The topological polar surface area (TPSA) is 72.3 Å². The average molecular weight is 418 g/mol. The van der Waals surface area contributed by atoms with Crippen LogP contribution in [0.25, 0.3) is 0 Å². The van der Waals surface area contributed by atoms with Crippen molar-refractivity contribution in [3.63, 3.8) is 0 Å². The Balaban J connectivity index is 1.26. The van der Waals surface area contributed by atoms with Gasteiger partial charge >= 0.3 is 0 Å². The molecule has 160 valence electrons. The first-order valence-corrected chi connectivity index (χ1v) is 10.7. The van der Waals surface area contributed by atoms with E-state index >= 15 is 0 Å². The molecule has 0 spiro atoms. The number of ether oxygens (including phenoxy) is 1. The molecular weight excluding hydrogens is 390 g/mol. The number of hydrogen-bond donors (Lipinski definition) is 1. The fourth-order valence-electron chi connectivity index (χ4n) is 4.85. The van der Waals surface area contributed by atoms with E-state index < -0.39 is 0 Å². The summed E-state index contributed by atoms with van der Waals surface area (Å²) in [6.45, 7) is 6.01. The Morgan fingerprint density at radius 2 is 1.90 bits per heavy atom. The van der Waals surface area contributed by atoms with E-state index in [1.807, 2.05) is 28.8 Å². The van der Waals surface area contributed by atoms with E-state index in [0.717, 1.165) is 44.2 Å². The monoisotopic (exact) mass is 417 g/mol. The molecule has 7 nitrogen and oxygen atoms in total. The van der Waals surface area contributed by atoms with Gasteiger partial charge in [0.25, 0.3) is 5.91 Å². The summed E-state index contributed by atoms with van der Waals surface area (Å²) < 4.78 is 7.18. The van der Waals surface area contributed by atoms with Gasteiger partial charge in [0.2, 0.25) is 5.82 Å². The third-order valence-corrected chi connectivity index (χ3v) is 6.38. The van der Waals surface area contributed by atoms with Crippen molar-refractivity contribution in [3.05, 3.63) is 71.3 Å². The van der Waals surface area contributed by atoms with Gasteiger partial charge in [-0.05, 0) is 48.6 Å². The van der Waals surface area contributed by atoms with Gasteiger partial charge in [0.15, 0.2) is 0 Å². The van der Waals surface area contributed by atoms with Gasteiger partial charge in [0.05, 0.1) is 7.11 Å².